The predicted molar refractivity (Wildman–Crippen MR) is 288 cm³/mol. The first-order chi connectivity index (χ1) is 33.0. The molecule has 6 nitrogen and oxygen atoms in total. The van der Waals surface area contributed by atoms with Gasteiger partial charge < -0.3 is 14.2 Å². The number of hydrogen-bond acceptors (Lipinski definition) is 6. The summed E-state index contributed by atoms with van der Waals surface area (Å²) < 4.78 is 16.8. The van der Waals surface area contributed by atoms with Gasteiger partial charge in [0, 0.05) is 19.3 Å². The van der Waals surface area contributed by atoms with E-state index in [1.165, 1.54) is 167 Å². The first-order valence-electron chi connectivity index (χ1n) is 28.5. The van der Waals surface area contributed by atoms with Gasteiger partial charge in [-0.1, -0.05) is 267 Å². The Morgan fingerprint density at radius 3 is 0.970 bits per heavy atom. The molecule has 0 saturated carbocycles. The summed E-state index contributed by atoms with van der Waals surface area (Å²) in [5, 5.41) is 0. The molecule has 0 aromatic rings. The van der Waals surface area contributed by atoms with Crippen LogP contribution in [0.2, 0.25) is 0 Å². The molecule has 0 aromatic heterocycles. The smallest absolute Gasteiger partial charge is 0.306 e. The fourth-order valence-electron chi connectivity index (χ4n) is 8.03. The summed E-state index contributed by atoms with van der Waals surface area (Å²) in [6, 6.07) is 0. The number of carbonyl (C=O) groups is 3. The Kier molecular flexibility index (Phi) is 52.8. The quantitative estimate of drug-likeness (QED) is 0.0262. The molecule has 0 rings (SSSR count). The third-order valence-electron chi connectivity index (χ3n) is 12.3. The highest BCUT2D eigenvalue weighted by molar-refractivity contribution is 5.71. The fourth-order valence-corrected chi connectivity index (χ4v) is 8.03. The highest BCUT2D eigenvalue weighted by atomic mass is 16.6. The number of allylic oxidation sites excluding steroid dienone is 12. The van der Waals surface area contributed by atoms with E-state index in [1.54, 1.807) is 0 Å². The Morgan fingerprint density at radius 1 is 0.313 bits per heavy atom. The van der Waals surface area contributed by atoms with Crippen molar-refractivity contribution in [2.45, 2.75) is 284 Å². The number of unbranched alkanes of at least 4 members (excludes halogenated alkanes) is 32. The Balaban J connectivity index is 4.38. The molecular formula is C61H106O6. The number of ether oxygens (including phenoxy) is 3. The average molecular weight is 936 g/mol. The molecule has 0 aliphatic rings. The summed E-state index contributed by atoms with van der Waals surface area (Å²) in [6.45, 7) is 6.46. The zero-order valence-electron chi connectivity index (χ0n) is 44.2. The van der Waals surface area contributed by atoms with Crippen molar-refractivity contribution in [2.75, 3.05) is 13.2 Å². The fraction of sp³-hybridized carbons (Fsp3) is 0.754. The highest BCUT2D eigenvalue weighted by Gasteiger charge is 2.19. The van der Waals surface area contributed by atoms with Gasteiger partial charge in [0.1, 0.15) is 13.2 Å². The highest BCUT2D eigenvalue weighted by Crippen LogP contribution is 2.16. The van der Waals surface area contributed by atoms with Crippen molar-refractivity contribution in [3.8, 4) is 0 Å². The molecule has 0 aliphatic heterocycles. The SMILES string of the molecule is CC\C=C/C=C\C=C/C=C\CCCCCC(=O)OCC(COC(=O)CCCCCCCCCCCC/C=C\C=C/CCCCC)OC(=O)CCCCCCCCCCCCCCCCCCC. The van der Waals surface area contributed by atoms with Crippen LogP contribution >= 0.6 is 0 Å². The zero-order chi connectivity index (χ0) is 48.6. The van der Waals surface area contributed by atoms with Crippen molar-refractivity contribution in [3.05, 3.63) is 72.9 Å². The minimum absolute atomic E-state index is 0.0879. The van der Waals surface area contributed by atoms with E-state index in [0.717, 1.165) is 70.6 Å². The molecule has 0 heterocycles. The molecule has 0 saturated heterocycles. The van der Waals surface area contributed by atoms with Gasteiger partial charge in [-0.15, -0.1) is 0 Å². The van der Waals surface area contributed by atoms with Gasteiger partial charge in [-0.2, -0.15) is 0 Å². The van der Waals surface area contributed by atoms with E-state index in [0.29, 0.717) is 19.3 Å². The maximum absolute atomic E-state index is 12.8. The van der Waals surface area contributed by atoms with Crippen LogP contribution in [0.15, 0.2) is 72.9 Å². The molecule has 0 radical (unpaired) electrons. The van der Waals surface area contributed by atoms with Crippen LogP contribution in [0.3, 0.4) is 0 Å². The van der Waals surface area contributed by atoms with Gasteiger partial charge in [-0.05, 0) is 64.2 Å². The second-order valence-corrected chi connectivity index (χ2v) is 18.9. The van der Waals surface area contributed by atoms with Crippen molar-refractivity contribution in [1.29, 1.82) is 0 Å². The van der Waals surface area contributed by atoms with Crippen LogP contribution in [0, 0.1) is 0 Å². The van der Waals surface area contributed by atoms with Crippen molar-refractivity contribution in [1.82, 2.24) is 0 Å². The molecular weight excluding hydrogens is 829 g/mol. The Morgan fingerprint density at radius 2 is 0.582 bits per heavy atom. The number of carbonyl (C=O) groups excluding carboxylic acids is 3. The van der Waals surface area contributed by atoms with Crippen LogP contribution in [0.5, 0.6) is 0 Å². The molecule has 1 atom stereocenters. The Hall–Kier alpha value is -3.15. The maximum atomic E-state index is 12.8. The first-order valence-corrected chi connectivity index (χ1v) is 28.5. The van der Waals surface area contributed by atoms with Crippen LogP contribution in [0.25, 0.3) is 0 Å². The van der Waals surface area contributed by atoms with Crippen LogP contribution in [0.4, 0.5) is 0 Å². The Bertz CT molecular complexity index is 1260. The normalized spacial score (nSPS) is 12.6. The van der Waals surface area contributed by atoms with Gasteiger partial charge >= 0.3 is 17.9 Å². The molecule has 1 unspecified atom stereocenters. The van der Waals surface area contributed by atoms with E-state index in [9.17, 15) is 14.4 Å². The zero-order valence-corrected chi connectivity index (χ0v) is 44.2. The third-order valence-corrected chi connectivity index (χ3v) is 12.3. The topological polar surface area (TPSA) is 78.9 Å². The van der Waals surface area contributed by atoms with Crippen molar-refractivity contribution in [2.24, 2.45) is 0 Å². The second kappa shape index (κ2) is 55.4. The van der Waals surface area contributed by atoms with E-state index in [2.05, 4.69) is 63.3 Å². The van der Waals surface area contributed by atoms with Crippen LogP contribution < -0.4 is 0 Å². The summed E-state index contributed by atoms with van der Waals surface area (Å²) >= 11 is 0. The molecule has 0 aromatic carbocycles. The number of rotatable bonds is 51. The lowest BCUT2D eigenvalue weighted by molar-refractivity contribution is -0.167. The summed E-state index contributed by atoms with van der Waals surface area (Å²) in [7, 11) is 0. The van der Waals surface area contributed by atoms with E-state index in [4.69, 9.17) is 14.2 Å². The molecule has 0 aliphatic carbocycles. The Labute approximate surface area is 414 Å². The third kappa shape index (κ3) is 53.7. The second-order valence-electron chi connectivity index (χ2n) is 18.9. The molecule has 0 bridgehead atoms. The molecule has 6 heteroatoms. The molecule has 0 amide bonds. The summed E-state index contributed by atoms with van der Waals surface area (Å²) in [4.78, 5) is 38.1. The maximum Gasteiger partial charge on any atom is 0.306 e. The average Bonchev–Trinajstić information content (AvgIpc) is 3.33. The molecule has 0 spiro atoms. The number of esters is 3. The summed E-state index contributed by atoms with van der Waals surface area (Å²) in [5.74, 6) is -0.922. The van der Waals surface area contributed by atoms with Gasteiger partial charge in [0.2, 0.25) is 0 Å². The molecule has 0 N–H and O–H groups in total. The van der Waals surface area contributed by atoms with Crippen molar-refractivity contribution >= 4 is 17.9 Å². The lowest BCUT2D eigenvalue weighted by atomic mass is 10.0. The van der Waals surface area contributed by atoms with Gasteiger partial charge in [0.15, 0.2) is 6.10 Å². The molecule has 67 heavy (non-hydrogen) atoms. The van der Waals surface area contributed by atoms with Gasteiger partial charge in [-0.3, -0.25) is 14.4 Å². The van der Waals surface area contributed by atoms with Crippen LogP contribution in [0.1, 0.15) is 278 Å². The molecule has 0 fully saturated rings. The molecule has 386 valence electrons. The predicted octanol–water partition coefficient (Wildman–Crippen LogP) is 19.0. The van der Waals surface area contributed by atoms with E-state index in [1.807, 2.05) is 30.4 Å². The minimum Gasteiger partial charge on any atom is -0.462 e. The summed E-state index contributed by atoms with van der Waals surface area (Å²) in [5.41, 5.74) is 0. The van der Waals surface area contributed by atoms with E-state index >= 15 is 0 Å². The van der Waals surface area contributed by atoms with Gasteiger partial charge in [0.05, 0.1) is 0 Å². The van der Waals surface area contributed by atoms with Crippen LogP contribution in [-0.2, 0) is 28.6 Å². The lowest BCUT2D eigenvalue weighted by Gasteiger charge is -2.18. The van der Waals surface area contributed by atoms with Crippen molar-refractivity contribution < 1.29 is 28.6 Å². The van der Waals surface area contributed by atoms with Crippen LogP contribution in [-0.4, -0.2) is 37.2 Å². The monoisotopic (exact) mass is 935 g/mol. The first kappa shape index (κ1) is 63.8. The van der Waals surface area contributed by atoms with Gasteiger partial charge in [0.25, 0.3) is 0 Å². The lowest BCUT2D eigenvalue weighted by Crippen LogP contribution is -2.30. The van der Waals surface area contributed by atoms with Gasteiger partial charge in [-0.25, -0.2) is 0 Å². The largest absolute Gasteiger partial charge is 0.462 e. The standard InChI is InChI=1S/C61H106O6/c1-4-7-10-13-16-19-22-25-27-29-30-32-33-36-39-42-45-48-51-54-60(63)66-57-58(56-65-59(62)53-50-47-44-41-38-35-24-21-18-15-12-9-6-3)67-61(64)55-52-49-46-43-40-37-34-31-28-26-23-20-17-14-11-8-5-2/h9,12,15-16,18-19,21-22,24-25,35,38,58H,4-8,10-11,13-14,17,20,23,26-34,36-37,39-57H2,1-3H3/b12-9-,18-15-,19-16-,24-21-,25-22-,38-35-. The minimum atomic E-state index is -0.791. The number of hydrogen-bond donors (Lipinski definition) is 0. The van der Waals surface area contributed by atoms with Crippen molar-refractivity contribution in [3.63, 3.8) is 0 Å². The van der Waals surface area contributed by atoms with E-state index in [-0.39, 0.29) is 31.1 Å². The summed E-state index contributed by atoms with van der Waals surface area (Å²) in [6.07, 6.45) is 70.4. The van der Waals surface area contributed by atoms with E-state index < -0.39 is 6.10 Å².